The molecular formula is C11H6Cl4N6. The number of nitrogens with zero attached hydrogens (tertiary/aromatic N) is 5. The molecule has 6 nitrogen and oxygen atoms in total. The summed E-state index contributed by atoms with van der Waals surface area (Å²) in [6.07, 6.45) is 2.85. The summed E-state index contributed by atoms with van der Waals surface area (Å²) in [5, 5.41) is 15.7. The van der Waals surface area contributed by atoms with Crippen LogP contribution in [0.4, 0.5) is 5.82 Å². The van der Waals surface area contributed by atoms with E-state index in [2.05, 4.69) is 20.4 Å². The molecule has 0 fully saturated rings. The molecule has 0 amide bonds. The predicted octanol–water partition coefficient (Wildman–Crippen LogP) is 3.57. The Labute approximate surface area is 139 Å². The first kappa shape index (κ1) is 15.9. The van der Waals surface area contributed by atoms with E-state index in [-0.39, 0.29) is 26.2 Å². The van der Waals surface area contributed by atoms with Crippen molar-refractivity contribution in [3.8, 4) is 12.0 Å². The lowest BCUT2D eigenvalue weighted by molar-refractivity contribution is 0.808. The Morgan fingerprint density at radius 1 is 1.33 bits per heavy atom. The van der Waals surface area contributed by atoms with Crippen LogP contribution in [0, 0.1) is 11.3 Å². The van der Waals surface area contributed by atoms with Crippen molar-refractivity contribution in [2.45, 2.75) is 0 Å². The molecule has 108 valence electrons. The third kappa shape index (κ3) is 3.22. The lowest BCUT2D eigenvalue weighted by atomic mass is 10.3. The second-order valence-corrected chi connectivity index (χ2v) is 5.33. The molecule has 10 heteroatoms. The summed E-state index contributed by atoms with van der Waals surface area (Å²) in [6.45, 7) is 0. The summed E-state index contributed by atoms with van der Waals surface area (Å²) in [6, 6.07) is 1.95. The zero-order chi connectivity index (χ0) is 15.6. The predicted molar refractivity (Wildman–Crippen MR) is 82.9 cm³/mol. The molecular weight excluding hydrogens is 358 g/mol. The van der Waals surface area contributed by atoms with Crippen LogP contribution >= 0.6 is 46.4 Å². The SMILES string of the molecule is CNc1nc(-n2cc(C#N)cn2)nc(Cl)c1C(Cl)=C(Cl)Cl. The lowest BCUT2D eigenvalue weighted by Crippen LogP contribution is -2.07. The van der Waals surface area contributed by atoms with E-state index in [1.165, 1.54) is 17.1 Å². The van der Waals surface area contributed by atoms with Crippen LogP contribution in [0.15, 0.2) is 16.9 Å². The molecule has 0 unspecified atom stereocenters. The smallest absolute Gasteiger partial charge is 0.254 e. The summed E-state index contributed by atoms with van der Waals surface area (Å²) < 4.78 is 1.16. The molecule has 0 radical (unpaired) electrons. The third-order valence-corrected chi connectivity index (χ3v) is 3.61. The highest BCUT2D eigenvalue weighted by atomic mass is 35.5. The van der Waals surface area contributed by atoms with Gasteiger partial charge in [0.15, 0.2) is 0 Å². The van der Waals surface area contributed by atoms with Crippen LogP contribution in [0.3, 0.4) is 0 Å². The Kier molecular flexibility index (Phi) is 4.91. The van der Waals surface area contributed by atoms with Gasteiger partial charge in [-0.3, -0.25) is 0 Å². The first-order chi connectivity index (χ1) is 9.97. The molecule has 2 rings (SSSR count). The van der Waals surface area contributed by atoms with Crippen molar-refractivity contribution in [3.63, 3.8) is 0 Å². The number of aromatic nitrogens is 4. The fourth-order valence-corrected chi connectivity index (χ4v) is 2.16. The van der Waals surface area contributed by atoms with Gasteiger partial charge < -0.3 is 5.32 Å². The van der Waals surface area contributed by atoms with Crippen LogP contribution in [0.2, 0.25) is 5.15 Å². The Balaban J connectivity index is 2.61. The molecule has 0 bridgehead atoms. The molecule has 0 atom stereocenters. The minimum Gasteiger partial charge on any atom is -0.372 e. The number of anilines is 1. The van der Waals surface area contributed by atoms with Crippen molar-refractivity contribution >= 4 is 57.3 Å². The van der Waals surface area contributed by atoms with Crippen LogP contribution in [-0.2, 0) is 0 Å². The van der Waals surface area contributed by atoms with Crippen LogP contribution in [0.25, 0.3) is 11.0 Å². The Morgan fingerprint density at radius 2 is 2.05 bits per heavy atom. The summed E-state index contributed by atoms with van der Waals surface area (Å²) in [7, 11) is 1.63. The van der Waals surface area contributed by atoms with Crippen molar-refractivity contribution in [2.24, 2.45) is 0 Å². The van der Waals surface area contributed by atoms with E-state index in [1.807, 2.05) is 6.07 Å². The van der Waals surface area contributed by atoms with Gasteiger partial charge in [0, 0.05) is 7.05 Å². The lowest BCUT2D eigenvalue weighted by Gasteiger charge is -2.11. The molecule has 0 spiro atoms. The van der Waals surface area contributed by atoms with Gasteiger partial charge in [-0.2, -0.15) is 20.3 Å². The largest absolute Gasteiger partial charge is 0.372 e. The summed E-state index contributed by atoms with van der Waals surface area (Å²) in [4.78, 5) is 8.29. The van der Waals surface area contributed by atoms with E-state index < -0.39 is 0 Å². The maximum atomic E-state index is 8.80. The van der Waals surface area contributed by atoms with Crippen LogP contribution in [0.5, 0.6) is 0 Å². The molecule has 0 saturated carbocycles. The standard InChI is InChI=1S/C11H6Cl4N6/c1-17-10-6(7(12)8(13)14)9(15)19-11(20-10)21-4-5(2-16)3-18-21/h3-4H,1H3,(H,17,19,20). The summed E-state index contributed by atoms with van der Waals surface area (Å²) in [5.41, 5.74) is 0.642. The number of halogens is 4. The number of nitrogens with one attached hydrogen (secondary N) is 1. The molecule has 21 heavy (non-hydrogen) atoms. The topological polar surface area (TPSA) is 79.4 Å². The number of nitriles is 1. The highest BCUT2D eigenvalue weighted by Gasteiger charge is 2.18. The number of hydrogen-bond acceptors (Lipinski definition) is 5. The maximum absolute atomic E-state index is 8.80. The van der Waals surface area contributed by atoms with Crippen molar-refractivity contribution in [2.75, 3.05) is 12.4 Å². The molecule has 0 aliphatic rings. The second-order valence-electron chi connectivity index (χ2n) is 3.65. The van der Waals surface area contributed by atoms with Gasteiger partial charge in [-0.25, -0.2) is 4.68 Å². The van der Waals surface area contributed by atoms with Gasteiger partial charge >= 0.3 is 0 Å². The molecule has 2 aromatic rings. The van der Waals surface area contributed by atoms with E-state index in [1.54, 1.807) is 7.05 Å². The van der Waals surface area contributed by atoms with Gasteiger partial charge in [0.1, 0.15) is 21.5 Å². The van der Waals surface area contributed by atoms with Crippen LogP contribution in [0.1, 0.15) is 11.1 Å². The van der Waals surface area contributed by atoms with Crippen molar-refractivity contribution < 1.29 is 0 Å². The Hall–Kier alpha value is -1.52. The molecule has 0 aromatic carbocycles. The van der Waals surface area contributed by atoms with Gasteiger partial charge in [-0.1, -0.05) is 46.4 Å². The van der Waals surface area contributed by atoms with Gasteiger partial charge in [0.25, 0.3) is 5.95 Å². The van der Waals surface area contributed by atoms with Crippen LogP contribution < -0.4 is 5.32 Å². The highest BCUT2D eigenvalue weighted by molar-refractivity contribution is 6.67. The Morgan fingerprint density at radius 3 is 2.57 bits per heavy atom. The van der Waals surface area contributed by atoms with E-state index >= 15 is 0 Å². The zero-order valence-electron chi connectivity index (χ0n) is 10.4. The van der Waals surface area contributed by atoms with E-state index in [0.717, 1.165) is 0 Å². The van der Waals surface area contributed by atoms with Crippen molar-refractivity contribution in [1.82, 2.24) is 19.7 Å². The third-order valence-electron chi connectivity index (χ3n) is 2.39. The van der Waals surface area contributed by atoms with Gasteiger partial charge in [-0.15, -0.1) is 0 Å². The minimum absolute atomic E-state index is 0.0254. The molecule has 0 saturated heterocycles. The van der Waals surface area contributed by atoms with Crippen LogP contribution in [-0.4, -0.2) is 26.8 Å². The van der Waals surface area contributed by atoms with Gasteiger partial charge in [0.05, 0.1) is 28.6 Å². The Bertz CT molecular complexity index is 757. The molecule has 1 N–H and O–H groups in total. The van der Waals surface area contributed by atoms with E-state index in [0.29, 0.717) is 11.4 Å². The minimum atomic E-state index is -0.155. The average Bonchev–Trinajstić information content (AvgIpc) is 2.94. The van der Waals surface area contributed by atoms with E-state index in [9.17, 15) is 0 Å². The fourth-order valence-electron chi connectivity index (χ4n) is 1.48. The van der Waals surface area contributed by atoms with Crippen molar-refractivity contribution in [1.29, 1.82) is 5.26 Å². The molecule has 2 heterocycles. The molecule has 2 aromatic heterocycles. The quantitative estimate of drug-likeness (QED) is 0.843. The summed E-state index contributed by atoms with van der Waals surface area (Å²) in [5.74, 6) is 0.493. The first-order valence-corrected chi connectivity index (χ1v) is 6.90. The second kappa shape index (κ2) is 6.50. The molecule has 0 aliphatic heterocycles. The molecule has 0 aliphatic carbocycles. The zero-order valence-corrected chi connectivity index (χ0v) is 13.4. The maximum Gasteiger partial charge on any atom is 0.254 e. The van der Waals surface area contributed by atoms with Gasteiger partial charge in [0.2, 0.25) is 0 Å². The fraction of sp³-hybridized carbons (Fsp3) is 0.0909. The summed E-state index contributed by atoms with van der Waals surface area (Å²) >= 11 is 23.4. The average molecular weight is 364 g/mol. The highest BCUT2D eigenvalue weighted by Crippen LogP contribution is 2.36. The number of rotatable bonds is 3. The van der Waals surface area contributed by atoms with E-state index in [4.69, 9.17) is 51.7 Å². The van der Waals surface area contributed by atoms with Gasteiger partial charge in [-0.05, 0) is 0 Å². The normalized spacial score (nSPS) is 10.1. The first-order valence-electron chi connectivity index (χ1n) is 5.39. The number of hydrogen-bond donors (Lipinski definition) is 1. The van der Waals surface area contributed by atoms with Crippen molar-refractivity contribution in [3.05, 3.63) is 33.2 Å². The monoisotopic (exact) mass is 362 g/mol.